The Hall–Kier alpha value is -1.91. The molecule has 2 aromatic heterocycles. The van der Waals surface area contributed by atoms with Crippen LogP contribution in [0.1, 0.15) is 42.4 Å². The summed E-state index contributed by atoms with van der Waals surface area (Å²) in [5.41, 5.74) is 3.30. The highest BCUT2D eigenvalue weighted by Crippen LogP contribution is 2.14. The van der Waals surface area contributed by atoms with Crippen molar-refractivity contribution in [2.45, 2.75) is 40.5 Å². The molecule has 1 N–H and O–H groups in total. The average molecular weight is 246 g/mol. The summed E-state index contributed by atoms with van der Waals surface area (Å²) in [6.07, 6.45) is 0. The molecular weight excluding hydrogens is 228 g/mol. The van der Waals surface area contributed by atoms with Crippen molar-refractivity contribution < 1.29 is 0 Å². The summed E-state index contributed by atoms with van der Waals surface area (Å²) in [6.45, 7) is 9.69. The second-order valence-corrected chi connectivity index (χ2v) is 4.90. The van der Waals surface area contributed by atoms with Gasteiger partial charge in [0, 0.05) is 22.6 Å². The SMILES string of the molecule is Cc1cc(C)nc(-n2[nH]c(C)c(C(C)C)c2=O)n1. The van der Waals surface area contributed by atoms with Gasteiger partial charge in [0.15, 0.2) is 0 Å². The molecule has 96 valence electrons. The molecule has 0 amide bonds. The van der Waals surface area contributed by atoms with E-state index in [1.165, 1.54) is 4.68 Å². The van der Waals surface area contributed by atoms with Gasteiger partial charge in [0.2, 0.25) is 0 Å². The van der Waals surface area contributed by atoms with Crippen LogP contribution in [-0.2, 0) is 0 Å². The quantitative estimate of drug-likeness (QED) is 0.881. The monoisotopic (exact) mass is 246 g/mol. The molecular formula is C13H18N4O. The Morgan fingerprint density at radius 2 is 1.72 bits per heavy atom. The molecule has 2 rings (SSSR count). The molecule has 0 atom stereocenters. The first-order valence-electron chi connectivity index (χ1n) is 6.04. The summed E-state index contributed by atoms with van der Waals surface area (Å²) >= 11 is 0. The molecule has 0 bridgehead atoms. The van der Waals surface area contributed by atoms with Gasteiger partial charge in [0.05, 0.1) is 0 Å². The van der Waals surface area contributed by atoms with Crippen LogP contribution >= 0.6 is 0 Å². The maximum atomic E-state index is 12.3. The van der Waals surface area contributed by atoms with Gasteiger partial charge >= 0.3 is 0 Å². The molecule has 0 fully saturated rings. The van der Waals surface area contributed by atoms with Crippen LogP contribution in [0.2, 0.25) is 0 Å². The lowest BCUT2D eigenvalue weighted by Crippen LogP contribution is -2.20. The molecule has 5 nitrogen and oxygen atoms in total. The van der Waals surface area contributed by atoms with Gasteiger partial charge in [-0.3, -0.25) is 9.89 Å². The normalized spacial score (nSPS) is 11.2. The first kappa shape index (κ1) is 12.5. The molecule has 0 aromatic carbocycles. The van der Waals surface area contributed by atoms with E-state index in [1.807, 2.05) is 40.7 Å². The van der Waals surface area contributed by atoms with E-state index in [0.717, 1.165) is 22.6 Å². The van der Waals surface area contributed by atoms with Gasteiger partial charge in [-0.2, -0.15) is 4.68 Å². The predicted octanol–water partition coefficient (Wildman–Crippen LogP) is 2.00. The largest absolute Gasteiger partial charge is 0.292 e. The van der Waals surface area contributed by atoms with Crippen LogP contribution in [0.5, 0.6) is 0 Å². The minimum absolute atomic E-state index is 0.0625. The first-order valence-corrected chi connectivity index (χ1v) is 6.04. The molecule has 2 aromatic rings. The minimum Gasteiger partial charge on any atom is -0.292 e. The highest BCUT2D eigenvalue weighted by molar-refractivity contribution is 5.25. The minimum atomic E-state index is -0.0625. The van der Waals surface area contributed by atoms with Crippen LogP contribution in [0.3, 0.4) is 0 Å². The van der Waals surface area contributed by atoms with Crippen molar-refractivity contribution in [3.05, 3.63) is 39.1 Å². The molecule has 0 spiro atoms. The first-order chi connectivity index (χ1) is 8.40. The Morgan fingerprint density at radius 3 is 2.17 bits per heavy atom. The third-order valence-electron chi connectivity index (χ3n) is 2.86. The predicted molar refractivity (Wildman–Crippen MR) is 70.3 cm³/mol. The van der Waals surface area contributed by atoms with Crippen molar-refractivity contribution in [1.82, 2.24) is 19.7 Å². The smallest absolute Gasteiger partial charge is 0.277 e. The number of aryl methyl sites for hydroxylation is 3. The summed E-state index contributed by atoms with van der Waals surface area (Å²) in [5, 5.41) is 3.04. The lowest BCUT2D eigenvalue weighted by atomic mass is 10.1. The van der Waals surface area contributed by atoms with Crippen LogP contribution in [-0.4, -0.2) is 19.7 Å². The Kier molecular flexibility index (Phi) is 3.07. The maximum Gasteiger partial charge on any atom is 0.277 e. The lowest BCUT2D eigenvalue weighted by Gasteiger charge is -2.02. The van der Waals surface area contributed by atoms with Crippen molar-refractivity contribution in [2.75, 3.05) is 0 Å². The van der Waals surface area contributed by atoms with Gasteiger partial charge in [-0.05, 0) is 32.8 Å². The second-order valence-electron chi connectivity index (χ2n) is 4.90. The Labute approximate surface area is 106 Å². The van der Waals surface area contributed by atoms with E-state index in [9.17, 15) is 4.79 Å². The third kappa shape index (κ3) is 2.08. The second kappa shape index (κ2) is 4.40. The number of rotatable bonds is 2. The van der Waals surface area contributed by atoms with E-state index in [1.54, 1.807) is 0 Å². The van der Waals surface area contributed by atoms with E-state index in [0.29, 0.717) is 5.95 Å². The van der Waals surface area contributed by atoms with E-state index in [2.05, 4.69) is 15.1 Å². The summed E-state index contributed by atoms with van der Waals surface area (Å²) in [4.78, 5) is 20.9. The summed E-state index contributed by atoms with van der Waals surface area (Å²) in [6, 6.07) is 1.88. The van der Waals surface area contributed by atoms with Gasteiger partial charge < -0.3 is 0 Å². The van der Waals surface area contributed by atoms with Crippen LogP contribution < -0.4 is 5.56 Å². The summed E-state index contributed by atoms with van der Waals surface area (Å²) in [7, 11) is 0. The lowest BCUT2D eigenvalue weighted by molar-refractivity contribution is 0.759. The van der Waals surface area contributed by atoms with Crippen molar-refractivity contribution >= 4 is 0 Å². The Bertz CT molecular complexity index is 617. The molecule has 0 saturated carbocycles. The number of hydrogen-bond acceptors (Lipinski definition) is 3. The molecule has 5 heteroatoms. The van der Waals surface area contributed by atoms with Gasteiger partial charge in [-0.25, -0.2) is 9.97 Å². The van der Waals surface area contributed by atoms with Crippen LogP contribution in [0.25, 0.3) is 5.95 Å². The zero-order chi connectivity index (χ0) is 13.4. The molecule has 0 aliphatic heterocycles. The Morgan fingerprint density at radius 1 is 1.17 bits per heavy atom. The van der Waals surface area contributed by atoms with Crippen LogP contribution in [0.15, 0.2) is 10.9 Å². The molecule has 0 aliphatic carbocycles. The molecule has 0 aliphatic rings. The molecule has 0 unspecified atom stereocenters. The topological polar surface area (TPSA) is 63.6 Å². The van der Waals surface area contributed by atoms with Crippen LogP contribution in [0, 0.1) is 20.8 Å². The number of nitrogens with zero attached hydrogens (tertiary/aromatic N) is 3. The standard InChI is InChI=1S/C13H18N4O/c1-7(2)11-10(5)16-17(12(11)18)13-14-8(3)6-9(4)15-13/h6-7,16H,1-5H3. The summed E-state index contributed by atoms with van der Waals surface area (Å²) < 4.78 is 1.42. The van der Waals surface area contributed by atoms with Gasteiger partial charge in [0.1, 0.15) is 0 Å². The van der Waals surface area contributed by atoms with E-state index < -0.39 is 0 Å². The van der Waals surface area contributed by atoms with Gasteiger partial charge in [-0.1, -0.05) is 13.8 Å². The fourth-order valence-electron chi connectivity index (χ4n) is 2.19. The maximum absolute atomic E-state index is 12.3. The summed E-state index contributed by atoms with van der Waals surface area (Å²) in [5.74, 6) is 0.591. The number of hydrogen-bond donors (Lipinski definition) is 1. The van der Waals surface area contributed by atoms with Crippen molar-refractivity contribution in [3.8, 4) is 5.95 Å². The number of aromatic nitrogens is 4. The zero-order valence-electron chi connectivity index (χ0n) is 11.4. The van der Waals surface area contributed by atoms with Crippen molar-refractivity contribution in [2.24, 2.45) is 0 Å². The average Bonchev–Trinajstić information content (AvgIpc) is 2.52. The molecule has 2 heterocycles. The van der Waals surface area contributed by atoms with E-state index in [4.69, 9.17) is 0 Å². The van der Waals surface area contributed by atoms with Gasteiger partial charge in [0.25, 0.3) is 11.5 Å². The molecule has 0 radical (unpaired) electrons. The molecule has 0 saturated heterocycles. The van der Waals surface area contributed by atoms with Gasteiger partial charge in [-0.15, -0.1) is 0 Å². The number of aromatic amines is 1. The van der Waals surface area contributed by atoms with E-state index in [-0.39, 0.29) is 11.5 Å². The van der Waals surface area contributed by atoms with Crippen molar-refractivity contribution in [1.29, 1.82) is 0 Å². The number of nitrogens with one attached hydrogen (secondary N) is 1. The Balaban J connectivity index is 2.65. The van der Waals surface area contributed by atoms with E-state index >= 15 is 0 Å². The van der Waals surface area contributed by atoms with Crippen molar-refractivity contribution in [3.63, 3.8) is 0 Å². The molecule has 18 heavy (non-hydrogen) atoms. The number of H-pyrrole nitrogens is 1. The fraction of sp³-hybridized carbons (Fsp3) is 0.462. The van der Waals surface area contributed by atoms with Crippen LogP contribution in [0.4, 0.5) is 0 Å². The highest BCUT2D eigenvalue weighted by Gasteiger charge is 2.16. The zero-order valence-corrected chi connectivity index (χ0v) is 11.4. The highest BCUT2D eigenvalue weighted by atomic mass is 16.1. The fourth-order valence-corrected chi connectivity index (χ4v) is 2.19. The third-order valence-corrected chi connectivity index (χ3v) is 2.86.